The molecule has 114 valence electrons. The second-order valence-electron chi connectivity index (χ2n) is 6.72. The standard InChI is InChI=1S/C17H22FNO2/c1-12(2)11-19-7-5-17(6-8-19)10-15(20)14-9-13(18)3-4-16(14)21-17/h3-4,9,12H,5-8,10-11H2,1-2H3. The number of rotatable bonds is 2. The SMILES string of the molecule is CC(C)CN1CCC2(CC1)CC(=O)c1cc(F)ccc1O2. The molecule has 2 aliphatic rings. The van der Waals surface area contributed by atoms with Crippen molar-refractivity contribution in [2.45, 2.75) is 38.7 Å². The number of ketones is 1. The fraction of sp³-hybridized carbons (Fsp3) is 0.588. The largest absolute Gasteiger partial charge is 0.486 e. The number of likely N-dealkylation sites (tertiary alicyclic amines) is 1. The molecule has 0 saturated carbocycles. The van der Waals surface area contributed by atoms with Gasteiger partial charge in [-0.3, -0.25) is 4.79 Å². The molecule has 1 fully saturated rings. The smallest absolute Gasteiger partial charge is 0.170 e. The highest BCUT2D eigenvalue weighted by atomic mass is 19.1. The van der Waals surface area contributed by atoms with Crippen LogP contribution in [0, 0.1) is 11.7 Å². The third-order valence-electron chi connectivity index (χ3n) is 4.44. The Morgan fingerprint density at radius 3 is 2.71 bits per heavy atom. The second kappa shape index (κ2) is 5.41. The van der Waals surface area contributed by atoms with Gasteiger partial charge < -0.3 is 9.64 Å². The minimum atomic E-state index is -0.381. The van der Waals surface area contributed by atoms with Crippen LogP contribution >= 0.6 is 0 Å². The quantitative estimate of drug-likeness (QED) is 0.837. The van der Waals surface area contributed by atoms with E-state index < -0.39 is 0 Å². The van der Waals surface area contributed by atoms with Crippen molar-refractivity contribution in [1.29, 1.82) is 0 Å². The van der Waals surface area contributed by atoms with Crippen molar-refractivity contribution >= 4 is 5.78 Å². The molecular formula is C17H22FNO2. The Kier molecular flexibility index (Phi) is 3.74. The van der Waals surface area contributed by atoms with E-state index in [0.717, 1.165) is 32.5 Å². The number of nitrogens with zero attached hydrogens (tertiary/aromatic N) is 1. The molecule has 1 aromatic carbocycles. The monoisotopic (exact) mass is 291 g/mol. The van der Waals surface area contributed by atoms with Crippen molar-refractivity contribution in [3.05, 3.63) is 29.6 Å². The third-order valence-corrected chi connectivity index (χ3v) is 4.44. The number of ether oxygens (including phenoxy) is 1. The summed E-state index contributed by atoms with van der Waals surface area (Å²) < 4.78 is 19.4. The Bertz CT molecular complexity index is 548. The van der Waals surface area contributed by atoms with Gasteiger partial charge in [-0.05, 0) is 24.1 Å². The molecule has 3 rings (SSSR count). The number of fused-ring (bicyclic) bond motifs is 1. The summed E-state index contributed by atoms with van der Waals surface area (Å²) in [6, 6.07) is 4.24. The maximum atomic E-state index is 13.3. The molecule has 1 spiro atoms. The number of carbonyl (C=O) groups excluding carboxylic acids is 1. The van der Waals surface area contributed by atoms with Gasteiger partial charge >= 0.3 is 0 Å². The van der Waals surface area contributed by atoms with E-state index in [1.807, 2.05) is 0 Å². The first-order valence-electron chi connectivity index (χ1n) is 7.72. The van der Waals surface area contributed by atoms with Crippen LogP contribution in [0.15, 0.2) is 18.2 Å². The van der Waals surface area contributed by atoms with Crippen LogP contribution in [-0.2, 0) is 0 Å². The van der Waals surface area contributed by atoms with Gasteiger partial charge in [0.2, 0.25) is 0 Å². The molecule has 21 heavy (non-hydrogen) atoms. The van der Waals surface area contributed by atoms with Crippen LogP contribution in [0.3, 0.4) is 0 Å². The normalized spacial score (nSPS) is 21.4. The minimum Gasteiger partial charge on any atom is -0.486 e. The highest BCUT2D eigenvalue weighted by Crippen LogP contribution is 2.39. The Morgan fingerprint density at radius 1 is 1.33 bits per heavy atom. The second-order valence-corrected chi connectivity index (χ2v) is 6.72. The number of hydrogen-bond donors (Lipinski definition) is 0. The Hall–Kier alpha value is -1.42. The van der Waals surface area contributed by atoms with E-state index in [9.17, 15) is 9.18 Å². The maximum Gasteiger partial charge on any atom is 0.170 e. The zero-order chi connectivity index (χ0) is 15.0. The topological polar surface area (TPSA) is 29.5 Å². The highest BCUT2D eigenvalue weighted by molar-refractivity contribution is 6.00. The molecule has 0 aliphatic carbocycles. The molecule has 0 bridgehead atoms. The first-order valence-corrected chi connectivity index (χ1v) is 7.72. The summed E-state index contributed by atoms with van der Waals surface area (Å²) in [7, 11) is 0. The van der Waals surface area contributed by atoms with Gasteiger partial charge in [0.1, 0.15) is 17.2 Å². The molecule has 1 saturated heterocycles. The van der Waals surface area contributed by atoms with Gasteiger partial charge in [0.15, 0.2) is 5.78 Å². The highest BCUT2D eigenvalue weighted by Gasteiger charge is 2.42. The van der Waals surface area contributed by atoms with E-state index in [2.05, 4.69) is 18.7 Å². The summed E-state index contributed by atoms with van der Waals surface area (Å²) in [5.74, 6) is 0.822. The predicted octanol–water partition coefficient (Wildman–Crippen LogP) is 3.28. The molecule has 2 aliphatic heterocycles. The van der Waals surface area contributed by atoms with Crippen molar-refractivity contribution < 1.29 is 13.9 Å². The van der Waals surface area contributed by atoms with E-state index in [4.69, 9.17) is 4.74 Å². The zero-order valence-corrected chi connectivity index (χ0v) is 12.7. The number of benzene rings is 1. The first-order chi connectivity index (χ1) is 9.97. The van der Waals surface area contributed by atoms with Gasteiger partial charge in [-0.25, -0.2) is 4.39 Å². The average Bonchev–Trinajstić information content (AvgIpc) is 2.42. The summed E-state index contributed by atoms with van der Waals surface area (Å²) in [5, 5.41) is 0. The van der Waals surface area contributed by atoms with Crippen LogP contribution in [0.2, 0.25) is 0 Å². The molecule has 0 N–H and O–H groups in total. The van der Waals surface area contributed by atoms with Crippen LogP contribution < -0.4 is 4.74 Å². The molecule has 0 unspecified atom stereocenters. The lowest BCUT2D eigenvalue weighted by atomic mass is 9.82. The molecule has 0 atom stereocenters. The number of Topliss-reactive ketones (excluding diaryl/α,β-unsaturated/α-hetero) is 1. The summed E-state index contributed by atoms with van der Waals surface area (Å²) in [4.78, 5) is 14.7. The van der Waals surface area contributed by atoms with Crippen molar-refractivity contribution in [3.8, 4) is 5.75 Å². The Morgan fingerprint density at radius 2 is 2.05 bits per heavy atom. The predicted molar refractivity (Wildman–Crippen MR) is 79.2 cm³/mol. The van der Waals surface area contributed by atoms with Crippen molar-refractivity contribution in [1.82, 2.24) is 4.90 Å². The van der Waals surface area contributed by atoms with Gasteiger partial charge in [0.05, 0.1) is 12.0 Å². The van der Waals surface area contributed by atoms with E-state index in [1.54, 1.807) is 6.07 Å². The Labute approximate surface area is 125 Å². The molecule has 4 heteroatoms. The van der Waals surface area contributed by atoms with Crippen molar-refractivity contribution in [2.24, 2.45) is 5.92 Å². The maximum absolute atomic E-state index is 13.3. The van der Waals surface area contributed by atoms with Crippen molar-refractivity contribution in [3.63, 3.8) is 0 Å². The molecule has 0 aromatic heterocycles. The van der Waals surface area contributed by atoms with Crippen LogP contribution in [-0.4, -0.2) is 35.9 Å². The molecule has 3 nitrogen and oxygen atoms in total. The average molecular weight is 291 g/mol. The molecular weight excluding hydrogens is 269 g/mol. The molecule has 1 aromatic rings. The van der Waals surface area contributed by atoms with Crippen molar-refractivity contribution in [2.75, 3.05) is 19.6 Å². The van der Waals surface area contributed by atoms with E-state index >= 15 is 0 Å². The number of halogens is 1. The van der Waals surface area contributed by atoms with Gasteiger partial charge in [-0.2, -0.15) is 0 Å². The molecule has 0 amide bonds. The van der Waals surface area contributed by atoms with Crippen LogP contribution in [0.25, 0.3) is 0 Å². The summed E-state index contributed by atoms with van der Waals surface area (Å²) >= 11 is 0. The number of hydrogen-bond acceptors (Lipinski definition) is 3. The third kappa shape index (κ3) is 2.95. The van der Waals surface area contributed by atoms with Gasteiger partial charge in [-0.15, -0.1) is 0 Å². The Balaban J connectivity index is 1.74. The van der Waals surface area contributed by atoms with Gasteiger partial charge in [-0.1, -0.05) is 13.8 Å². The van der Waals surface area contributed by atoms with Gasteiger partial charge in [0.25, 0.3) is 0 Å². The van der Waals surface area contributed by atoms with E-state index in [0.29, 0.717) is 23.7 Å². The lowest BCUT2D eigenvalue weighted by Gasteiger charge is -2.44. The summed E-state index contributed by atoms with van der Waals surface area (Å²) in [6.07, 6.45) is 2.10. The molecule has 0 radical (unpaired) electrons. The lowest BCUT2D eigenvalue weighted by Crippen LogP contribution is -2.51. The summed E-state index contributed by atoms with van der Waals surface area (Å²) in [5.41, 5.74) is 0.0142. The van der Waals surface area contributed by atoms with Crippen LogP contribution in [0.5, 0.6) is 5.75 Å². The van der Waals surface area contributed by atoms with Gasteiger partial charge in [0, 0.05) is 32.5 Å². The lowest BCUT2D eigenvalue weighted by molar-refractivity contribution is -0.0111. The zero-order valence-electron chi connectivity index (χ0n) is 12.7. The van der Waals surface area contributed by atoms with Crippen LogP contribution in [0.4, 0.5) is 4.39 Å². The van der Waals surface area contributed by atoms with Crippen LogP contribution in [0.1, 0.15) is 43.5 Å². The fourth-order valence-electron chi connectivity index (χ4n) is 3.40. The minimum absolute atomic E-state index is 0.00746. The number of piperidine rings is 1. The fourth-order valence-corrected chi connectivity index (χ4v) is 3.40. The number of carbonyl (C=O) groups is 1. The summed E-state index contributed by atoms with van der Waals surface area (Å²) in [6.45, 7) is 7.45. The van der Waals surface area contributed by atoms with E-state index in [1.165, 1.54) is 12.1 Å². The van der Waals surface area contributed by atoms with E-state index in [-0.39, 0.29) is 17.2 Å². The first kappa shape index (κ1) is 14.5. The molecule has 2 heterocycles.